The lowest BCUT2D eigenvalue weighted by atomic mass is 10.1. The van der Waals surface area contributed by atoms with Crippen LogP contribution in [0.15, 0.2) is 50.7 Å². The minimum Gasteiger partial charge on any atom is -0.498 e. The molecule has 34 heavy (non-hydrogen) atoms. The first-order chi connectivity index (χ1) is 16.6. The van der Waals surface area contributed by atoms with Gasteiger partial charge in [0.25, 0.3) is 0 Å². The second-order valence-corrected chi connectivity index (χ2v) is 6.12. The van der Waals surface area contributed by atoms with E-state index in [0.29, 0.717) is 13.2 Å². The Morgan fingerprint density at radius 1 is 0.735 bits per heavy atom. The molecular weight excluding hydrogens is 448 g/mol. The third kappa shape index (κ3) is 10.8. The van der Waals surface area contributed by atoms with E-state index >= 15 is 0 Å². The van der Waals surface area contributed by atoms with E-state index < -0.39 is 11.9 Å². The van der Waals surface area contributed by atoms with Crippen molar-refractivity contribution in [3.63, 3.8) is 0 Å². The molecule has 1 aromatic carbocycles. The summed E-state index contributed by atoms with van der Waals surface area (Å²) in [7, 11) is 0. The van der Waals surface area contributed by atoms with E-state index in [1.54, 1.807) is 0 Å². The van der Waals surface area contributed by atoms with Gasteiger partial charge in [-0.05, 0) is 13.0 Å². The van der Waals surface area contributed by atoms with Crippen LogP contribution in [0.25, 0.3) is 0 Å². The molecule has 0 aliphatic carbocycles. The molecule has 0 saturated heterocycles. The maximum atomic E-state index is 12.9. The fourth-order valence-corrected chi connectivity index (χ4v) is 2.49. The topological polar surface area (TPSA) is 108 Å². The van der Waals surface area contributed by atoms with Crippen LogP contribution in [0, 0.1) is 0 Å². The smallest absolute Gasteiger partial charge is 0.342 e. The van der Waals surface area contributed by atoms with E-state index in [4.69, 9.17) is 37.9 Å². The molecular formula is C24H32O10. The zero-order valence-corrected chi connectivity index (χ0v) is 19.5. The first-order valence-electron chi connectivity index (χ1n) is 10.6. The molecule has 0 heterocycles. The van der Waals surface area contributed by atoms with Gasteiger partial charge in [0.1, 0.15) is 63.3 Å². The van der Waals surface area contributed by atoms with Crippen LogP contribution in [0.1, 0.15) is 27.6 Å². The number of hydrogen-bond acceptors (Lipinski definition) is 10. The van der Waals surface area contributed by atoms with Gasteiger partial charge in [0.2, 0.25) is 0 Å². The second kappa shape index (κ2) is 17.8. The van der Waals surface area contributed by atoms with Gasteiger partial charge in [-0.2, -0.15) is 0 Å². The molecule has 0 unspecified atom stereocenters. The quantitative estimate of drug-likeness (QED) is 0.157. The predicted molar refractivity (Wildman–Crippen MR) is 123 cm³/mol. The summed E-state index contributed by atoms with van der Waals surface area (Å²) in [5.74, 6) is -1.25. The Morgan fingerprint density at radius 3 is 1.88 bits per heavy atom. The number of carbonyl (C=O) groups is 2. The minimum atomic E-state index is -0.803. The summed E-state index contributed by atoms with van der Waals surface area (Å²) < 4.78 is 42.1. The molecule has 10 heteroatoms. The van der Waals surface area contributed by atoms with Gasteiger partial charge in [-0.3, -0.25) is 0 Å². The molecule has 1 rings (SSSR count). The average Bonchev–Trinajstić information content (AvgIpc) is 2.84. The van der Waals surface area contributed by atoms with E-state index in [1.807, 2.05) is 6.92 Å². The highest BCUT2D eigenvalue weighted by Crippen LogP contribution is 2.31. The summed E-state index contributed by atoms with van der Waals surface area (Å²) in [6, 6.07) is 2.86. The molecule has 0 fully saturated rings. The molecule has 0 spiro atoms. The normalized spacial score (nSPS) is 9.91. The summed E-state index contributed by atoms with van der Waals surface area (Å²) >= 11 is 0. The van der Waals surface area contributed by atoms with Gasteiger partial charge < -0.3 is 37.9 Å². The van der Waals surface area contributed by atoms with Crippen LogP contribution in [-0.4, -0.2) is 71.4 Å². The lowest BCUT2D eigenvalue weighted by Gasteiger charge is -2.17. The van der Waals surface area contributed by atoms with Crippen LogP contribution in [0.2, 0.25) is 0 Å². The molecule has 0 aliphatic rings. The first-order valence-corrected chi connectivity index (χ1v) is 10.6. The summed E-state index contributed by atoms with van der Waals surface area (Å²) in [5, 5.41) is 0. The van der Waals surface area contributed by atoms with Crippen molar-refractivity contribution in [1.29, 1.82) is 0 Å². The predicted octanol–water partition coefficient (Wildman–Crippen LogP) is 3.27. The number of rotatable bonds is 20. The molecule has 1 aromatic rings. The van der Waals surface area contributed by atoms with E-state index in [0.717, 1.165) is 0 Å². The van der Waals surface area contributed by atoms with Gasteiger partial charge in [-0.15, -0.1) is 0 Å². The molecule has 0 N–H and O–H groups in total. The molecule has 0 aliphatic heterocycles. The fourth-order valence-electron chi connectivity index (χ4n) is 2.49. The van der Waals surface area contributed by atoms with E-state index in [-0.39, 0.29) is 68.9 Å². The van der Waals surface area contributed by atoms with Crippen molar-refractivity contribution in [2.45, 2.75) is 6.92 Å². The highest BCUT2D eigenvalue weighted by atomic mass is 16.6. The lowest BCUT2D eigenvalue weighted by molar-refractivity contribution is 0.0371. The van der Waals surface area contributed by atoms with Gasteiger partial charge in [0.15, 0.2) is 0 Å². The van der Waals surface area contributed by atoms with Crippen molar-refractivity contribution in [1.82, 2.24) is 0 Å². The Balaban J connectivity index is 3.24. The summed E-state index contributed by atoms with van der Waals surface area (Å²) in [4.78, 5) is 25.7. The van der Waals surface area contributed by atoms with Gasteiger partial charge in [-0.25, -0.2) is 9.59 Å². The molecule has 0 saturated carbocycles. The largest absolute Gasteiger partial charge is 0.498 e. The average molecular weight is 481 g/mol. The van der Waals surface area contributed by atoms with Gasteiger partial charge in [0.05, 0.1) is 31.0 Å². The Hall–Kier alpha value is -3.66. The molecule has 10 nitrogen and oxygen atoms in total. The van der Waals surface area contributed by atoms with E-state index in [1.165, 1.54) is 30.9 Å². The van der Waals surface area contributed by atoms with Crippen molar-refractivity contribution >= 4 is 11.9 Å². The Kier molecular flexibility index (Phi) is 14.9. The van der Waals surface area contributed by atoms with E-state index in [2.05, 4.69) is 19.7 Å². The SMILES string of the molecule is C=COCCOC(=O)c1cc(OCCOCC)cc(OCCOC=C)c1C(=O)OCCOC=C. The maximum Gasteiger partial charge on any atom is 0.342 e. The molecule has 188 valence electrons. The molecule has 0 amide bonds. The summed E-state index contributed by atoms with van der Waals surface area (Å²) in [5.41, 5.74) is -0.217. The monoisotopic (exact) mass is 480 g/mol. The van der Waals surface area contributed by atoms with Gasteiger partial charge in [-0.1, -0.05) is 19.7 Å². The third-order valence-electron chi connectivity index (χ3n) is 3.88. The highest BCUT2D eigenvalue weighted by Gasteiger charge is 2.26. The number of esters is 2. The number of ether oxygens (including phenoxy) is 8. The number of benzene rings is 1. The number of carbonyl (C=O) groups excluding carboxylic acids is 2. The van der Waals surface area contributed by atoms with Crippen molar-refractivity contribution in [2.75, 3.05) is 59.5 Å². The van der Waals surface area contributed by atoms with E-state index in [9.17, 15) is 9.59 Å². The van der Waals surface area contributed by atoms with Crippen molar-refractivity contribution < 1.29 is 47.5 Å². The van der Waals surface area contributed by atoms with Gasteiger partial charge >= 0.3 is 11.9 Å². The van der Waals surface area contributed by atoms with Crippen molar-refractivity contribution in [2.24, 2.45) is 0 Å². The molecule has 0 aromatic heterocycles. The van der Waals surface area contributed by atoms with Crippen LogP contribution in [-0.2, 0) is 28.4 Å². The van der Waals surface area contributed by atoms with Crippen LogP contribution in [0.5, 0.6) is 11.5 Å². The van der Waals surface area contributed by atoms with Crippen LogP contribution >= 0.6 is 0 Å². The Labute approximate surface area is 199 Å². The van der Waals surface area contributed by atoms with Crippen molar-refractivity contribution in [3.8, 4) is 11.5 Å². The summed E-state index contributed by atoms with van der Waals surface area (Å²) in [6.07, 6.45) is 3.72. The standard InChI is InChI=1S/C24H32O10/c1-5-27-9-13-31-19-17-20(23(25)33-15-11-29-7-3)22(24(26)34-16-12-30-8-4)21(18-19)32-14-10-28-6-2/h6-8,17-18H,2-5,9-16H2,1H3. The minimum absolute atomic E-state index is 0.0607. The zero-order chi connectivity index (χ0) is 25.0. The van der Waals surface area contributed by atoms with Crippen LogP contribution < -0.4 is 9.47 Å². The van der Waals surface area contributed by atoms with Crippen LogP contribution in [0.4, 0.5) is 0 Å². The van der Waals surface area contributed by atoms with Gasteiger partial charge in [0, 0.05) is 12.7 Å². The molecule has 0 bridgehead atoms. The highest BCUT2D eigenvalue weighted by molar-refractivity contribution is 6.05. The fraction of sp³-hybridized carbons (Fsp3) is 0.417. The maximum absolute atomic E-state index is 12.9. The Morgan fingerprint density at radius 2 is 1.29 bits per heavy atom. The summed E-state index contributed by atoms with van der Waals surface area (Å²) in [6.45, 7) is 13.5. The second-order valence-electron chi connectivity index (χ2n) is 6.12. The lowest BCUT2D eigenvalue weighted by Crippen LogP contribution is -2.19. The Bertz CT molecular complexity index is 790. The number of hydrogen-bond donors (Lipinski definition) is 0. The van der Waals surface area contributed by atoms with Crippen LogP contribution in [0.3, 0.4) is 0 Å². The third-order valence-corrected chi connectivity index (χ3v) is 3.88. The first kappa shape index (κ1) is 28.4. The zero-order valence-electron chi connectivity index (χ0n) is 19.5. The molecule has 0 atom stereocenters. The molecule has 0 radical (unpaired) electrons. The van der Waals surface area contributed by atoms with Crippen molar-refractivity contribution in [3.05, 3.63) is 61.8 Å².